The summed E-state index contributed by atoms with van der Waals surface area (Å²) in [5.41, 5.74) is 0.919. The number of nitrogens with one attached hydrogen (secondary N) is 1. The molecule has 1 fully saturated rings. The third-order valence-electron chi connectivity index (χ3n) is 3.37. The smallest absolute Gasteiger partial charge is 0.236 e. The Kier molecular flexibility index (Phi) is 5.65. The van der Waals surface area contributed by atoms with Crippen LogP contribution in [0.3, 0.4) is 0 Å². The summed E-state index contributed by atoms with van der Waals surface area (Å²) >= 11 is 2.90. The number of thioether (sulfide) groups is 1. The molecule has 120 valence electrons. The van der Waals surface area contributed by atoms with Gasteiger partial charge < -0.3 is 10.2 Å². The molecule has 2 aromatic rings. The van der Waals surface area contributed by atoms with E-state index in [0.717, 1.165) is 23.9 Å². The zero-order valence-corrected chi connectivity index (χ0v) is 14.3. The monoisotopic (exact) mass is 346 g/mol. The van der Waals surface area contributed by atoms with Gasteiger partial charge in [0.2, 0.25) is 5.91 Å². The Bertz CT molecular complexity index is 652. The summed E-state index contributed by atoms with van der Waals surface area (Å²) in [6.45, 7) is 2.01. The van der Waals surface area contributed by atoms with Crippen LogP contribution in [0.2, 0.25) is 0 Å². The fourth-order valence-electron chi connectivity index (χ4n) is 2.29. The number of likely N-dealkylation sites (tertiary alicyclic amines) is 1. The number of aromatic nitrogens is 1. The second-order valence-corrected chi connectivity index (χ2v) is 6.94. The summed E-state index contributed by atoms with van der Waals surface area (Å²) in [6, 6.07) is 9.88. The highest BCUT2D eigenvalue weighted by Gasteiger charge is 2.18. The van der Waals surface area contributed by atoms with Crippen LogP contribution in [0.4, 0.5) is 10.8 Å². The molecule has 0 aliphatic carbocycles. The normalized spacial score (nSPS) is 15.0. The standard InChI is InChI=1S/C16H18N4OS2/c21-14(19-15-17-8-11-22-15)12-23-16(20-9-4-5-10-20)18-13-6-2-1-3-7-13/h1-3,6-8,11H,4-5,9-10,12H2,(H,17,19,21). The summed E-state index contributed by atoms with van der Waals surface area (Å²) in [7, 11) is 0. The van der Waals surface area contributed by atoms with Gasteiger partial charge in [-0.1, -0.05) is 30.0 Å². The molecule has 3 rings (SSSR count). The number of benzene rings is 1. The summed E-state index contributed by atoms with van der Waals surface area (Å²) in [4.78, 5) is 23.1. The van der Waals surface area contributed by atoms with Gasteiger partial charge in [-0.25, -0.2) is 9.98 Å². The highest BCUT2D eigenvalue weighted by molar-refractivity contribution is 8.14. The quantitative estimate of drug-likeness (QED) is 0.679. The average Bonchev–Trinajstić information content (AvgIpc) is 3.26. The lowest BCUT2D eigenvalue weighted by Crippen LogP contribution is -2.27. The zero-order chi connectivity index (χ0) is 15.9. The van der Waals surface area contributed by atoms with Crippen molar-refractivity contribution < 1.29 is 4.79 Å². The Morgan fingerprint density at radius 2 is 2.09 bits per heavy atom. The lowest BCUT2D eigenvalue weighted by Gasteiger charge is -2.19. The SMILES string of the molecule is O=C(CSC(=Nc1ccccc1)N1CCCC1)Nc1nccs1. The minimum absolute atomic E-state index is 0.0510. The first-order valence-electron chi connectivity index (χ1n) is 7.52. The Balaban J connectivity index is 1.64. The summed E-state index contributed by atoms with van der Waals surface area (Å²) < 4.78 is 0. The van der Waals surface area contributed by atoms with E-state index in [2.05, 4.69) is 15.2 Å². The van der Waals surface area contributed by atoms with E-state index in [9.17, 15) is 4.79 Å². The number of carbonyl (C=O) groups excluding carboxylic acids is 1. The Labute approximate surface area is 143 Å². The molecule has 1 aromatic heterocycles. The van der Waals surface area contributed by atoms with Gasteiger partial charge in [-0.05, 0) is 25.0 Å². The number of rotatable bonds is 4. The van der Waals surface area contributed by atoms with Crippen molar-refractivity contribution in [3.63, 3.8) is 0 Å². The number of hydrogen-bond donors (Lipinski definition) is 1. The van der Waals surface area contributed by atoms with Crippen molar-refractivity contribution >= 4 is 45.0 Å². The van der Waals surface area contributed by atoms with Crippen molar-refractivity contribution in [3.05, 3.63) is 41.9 Å². The van der Waals surface area contributed by atoms with Gasteiger partial charge in [0, 0.05) is 24.7 Å². The number of para-hydroxylation sites is 1. The zero-order valence-electron chi connectivity index (χ0n) is 12.6. The number of amidine groups is 1. The lowest BCUT2D eigenvalue weighted by atomic mass is 10.3. The van der Waals surface area contributed by atoms with Crippen LogP contribution in [-0.2, 0) is 4.79 Å². The number of carbonyl (C=O) groups is 1. The van der Waals surface area contributed by atoms with E-state index in [1.54, 1.807) is 6.20 Å². The topological polar surface area (TPSA) is 57.6 Å². The Morgan fingerprint density at radius 1 is 1.30 bits per heavy atom. The van der Waals surface area contributed by atoms with E-state index in [0.29, 0.717) is 10.9 Å². The molecule has 5 nitrogen and oxygen atoms in total. The van der Waals surface area contributed by atoms with Crippen molar-refractivity contribution in [2.45, 2.75) is 12.8 Å². The summed E-state index contributed by atoms with van der Waals surface area (Å²) in [5.74, 6) is 0.284. The fraction of sp³-hybridized carbons (Fsp3) is 0.312. The van der Waals surface area contributed by atoms with E-state index < -0.39 is 0 Å². The Morgan fingerprint density at radius 3 is 2.78 bits per heavy atom. The molecular formula is C16H18N4OS2. The van der Waals surface area contributed by atoms with Gasteiger partial charge >= 0.3 is 0 Å². The van der Waals surface area contributed by atoms with Gasteiger partial charge in [0.15, 0.2) is 10.3 Å². The first kappa shape index (κ1) is 16.0. The average molecular weight is 346 g/mol. The van der Waals surface area contributed by atoms with Crippen LogP contribution in [0.15, 0.2) is 46.9 Å². The maximum Gasteiger partial charge on any atom is 0.236 e. The summed E-state index contributed by atoms with van der Waals surface area (Å²) in [6.07, 6.45) is 4.04. The van der Waals surface area contributed by atoms with Crippen LogP contribution in [0.25, 0.3) is 0 Å². The van der Waals surface area contributed by atoms with Gasteiger partial charge in [-0.2, -0.15) is 0 Å². The molecule has 0 unspecified atom stereocenters. The second kappa shape index (κ2) is 8.12. The molecule has 1 amide bonds. The Hall–Kier alpha value is -1.86. The van der Waals surface area contributed by atoms with Crippen LogP contribution >= 0.6 is 23.1 Å². The van der Waals surface area contributed by atoms with E-state index in [1.165, 1.54) is 35.9 Å². The van der Waals surface area contributed by atoms with Crippen LogP contribution < -0.4 is 5.32 Å². The molecule has 1 aromatic carbocycles. The number of aliphatic imine (C=N–C) groups is 1. The number of amides is 1. The predicted molar refractivity (Wildman–Crippen MR) is 97.5 cm³/mol. The number of thiazole rings is 1. The molecule has 0 atom stereocenters. The van der Waals surface area contributed by atoms with Crippen molar-refractivity contribution in [2.24, 2.45) is 4.99 Å². The molecule has 0 saturated carbocycles. The maximum absolute atomic E-state index is 12.0. The summed E-state index contributed by atoms with van der Waals surface area (Å²) in [5, 5.41) is 6.21. The predicted octanol–water partition coefficient (Wildman–Crippen LogP) is 3.60. The first-order chi connectivity index (χ1) is 11.3. The van der Waals surface area contributed by atoms with E-state index in [-0.39, 0.29) is 5.91 Å². The van der Waals surface area contributed by atoms with Crippen LogP contribution in [0.5, 0.6) is 0 Å². The van der Waals surface area contributed by atoms with Crippen molar-refractivity contribution in [1.82, 2.24) is 9.88 Å². The van der Waals surface area contributed by atoms with Gasteiger partial charge in [-0.3, -0.25) is 4.79 Å². The molecule has 7 heteroatoms. The molecule has 0 radical (unpaired) electrons. The molecule has 1 N–H and O–H groups in total. The molecule has 1 aliphatic rings. The number of hydrogen-bond acceptors (Lipinski definition) is 5. The van der Waals surface area contributed by atoms with Crippen molar-refractivity contribution in [2.75, 3.05) is 24.2 Å². The molecule has 1 saturated heterocycles. The maximum atomic E-state index is 12.0. The fourth-order valence-corrected chi connectivity index (χ4v) is 3.70. The van der Waals surface area contributed by atoms with Gasteiger partial charge in [0.05, 0.1) is 11.4 Å². The lowest BCUT2D eigenvalue weighted by molar-refractivity contribution is -0.113. The van der Waals surface area contributed by atoms with Gasteiger partial charge in [0.25, 0.3) is 0 Å². The molecule has 23 heavy (non-hydrogen) atoms. The molecule has 0 spiro atoms. The highest BCUT2D eigenvalue weighted by atomic mass is 32.2. The number of anilines is 1. The van der Waals surface area contributed by atoms with Gasteiger partial charge in [-0.15, -0.1) is 11.3 Å². The minimum Gasteiger partial charge on any atom is -0.351 e. The highest BCUT2D eigenvalue weighted by Crippen LogP contribution is 2.21. The molecule has 0 bridgehead atoms. The van der Waals surface area contributed by atoms with Crippen LogP contribution in [0.1, 0.15) is 12.8 Å². The third-order valence-corrected chi connectivity index (χ3v) is 5.07. The van der Waals surface area contributed by atoms with Crippen molar-refractivity contribution in [1.29, 1.82) is 0 Å². The largest absolute Gasteiger partial charge is 0.351 e. The number of nitrogens with zero attached hydrogens (tertiary/aromatic N) is 3. The van der Waals surface area contributed by atoms with E-state index in [4.69, 9.17) is 4.99 Å². The van der Waals surface area contributed by atoms with Gasteiger partial charge in [0.1, 0.15) is 0 Å². The first-order valence-corrected chi connectivity index (χ1v) is 9.38. The van der Waals surface area contributed by atoms with E-state index >= 15 is 0 Å². The van der Waals surface area contributed by atoms with E-state index in [1.807, 2.05) is 35.7 Å². The van der Waals surface area contributed by atoms with Crippen LogP contribution in [-0.4, -0.2) is 39.8 Å². The minimum atomic E-state index is -0.0510. The van der Waals surface area contributed by atoms with Crippen LogP contribution in [0, 0.1) is 0 Å². The molecule has 2 heterocycles. The molecule has 1 aliphatic heterocycles. The molecular weight excluding hydrogens is 328 g/mol. The second-order valence-electron chi connectivity index (χ2n) is 5.10. The van der Waals surface area contributed by atoms with Crippen molar-refractivity contribution in [3.8, 4) is 0 Å². The third kappa shape index (κ3) is 4.80.